The summed E-state index contributed by atoms with van der Waals surface area (Å²) in [6, 6.07) is 1.86. The average molecular weight is 274 g/mol. The molecule has 3 N–H and O–H groups in total. The number of phenolic OH excluding ortho intramolecular Hbond substituents is 1. The number of aromatic hydroxyl groups is 1. The second kappa shape index (κ2) is 4.38. The summed E-state index contributed by atoms with van der Waals surface area (Å²) in [6.07, 6.45) is -3.45. The molecule has 1 heterocycles. The second-order valence-electron chi connectivity index (χ2n) is 3.64. The van der Waals surface area contributed by atoms with Gasteiger partial charge in [0.1, 0.15) is 5.56 Å². The van der Waals surface area contributed by atoms with E-state index in [1.165, 1.54) is 6.20 Å². The number of ether oxygens (including phenoxy) is 1. The van der Waals surface area contributed by atoms with Gasteiger partial charge in [0.25, 0.3) is 0 Å². The third-order valence-corrected chi connectivity index (χ3v) is 2.53. The van der Waals surface area contributed by atoms with Gasteiger partial charge in [-0.05, 0) is 12.1 Å². The third kappa shape index (κ3) is 2.16. The minimum atomic E-state index is -4.64. The number of benzene rings is 1. The van der Waals surface area contributed by atoms with Crippen LogP contribution in [0.1, 0.15) is 5.56 Å². The van der Waals surface area contributed by atoms with Crippen molar-refractivity contribution in [1.29, 1.82) is 0 Å². The molecule has 0 saturated heterocycles. The highest BCUT2D eigenvalue weighted by molar-refractivity contribution is 5.79. The lowest BCUT2D eigenvalue weighted by Crippen LogP contribution is -2.07. The summed E-state index contributed by atoms with van der Waals surface area (Å²) in [6.45, 7) is 0. The van der Waals surface area contributed by atoms with Gasteiger partial charge in [-0.1, -0.05) is 5.16 Å². The van der Waals surface area contributed by atoms with E-state index in [0.29, 0.717) is 0 Å². The Labute approximate surface area is 105 Å². The number of nitrogen functional groups attached to an aromatic ring is 1. The van der Waals surface area contributed by atoms with Crippen molar-refractivity contribution in [1.82, 2.24) is 5.16 Å². The lowest BCUT2D eigenvalue weighted by atomic mass is 10.0. The SMILES string of the molecule is COc1c(C(F)(F)F)ccc(-c2cnoc2N)c1O. The van der Waals surface area contributed by atoms with Crippen molar-refractivity contribution in [3.63, 3.8) is 0 Å². The van der Waals surface area contributed by atoms with Gasteiger partial charge < -0.3 is 20.1 Å². The predicted molar refractivity (Wildman–Crippen MR) is 59.6 cm³/mol. The topological polar surface area (TPSA) is 81.5 Å². The van der Waals surface area contributed by atoms with Gasteiger partial charge in [-0.25, -0.2) is 0 Å². The van der Waals surface area contributed by atoms with Gasteiger partial charge in [0.2, 0.25) is 5.88 Å². The highest BCUT2D eigenvalue weighted by atomic mass is 19.4. The van der Waals surface area contributed by atoms with E-state index in [2.05, 4.69) is 14.4 Å². The number of phenols is 1. The molecule has 0 saturated carbocycles. The van der Waals surface area contributed by atoms with E-state index in [1.807, 2.05) is 0 Å². The zero-order valence-electron chi connectivity index (χ0n) is 9.65. The van der Waals surface area contributed by atoms with Crippen LogP contribution in [-0.4, -0.2) is 17.4 Å². The molecular formula is C11H9F3N2O3. The first-order chi connectivity index (χ1) is 8.86. The number of methoxy groups -OCH3 is 1. The molecule has 0 aliphatic rings. The van der Waals surface area contributed by atoms with Gasteiger partial charge in [-0.3, -0.25) is 0 Å². The number of anilines is 1. The van der Waals surface area contributed by atoms with Crippen LogP contribution in [0.25, 0.3) is 11.1 Å². The fourth-order valence-electron chi connectivity index (χ4n) is 1.67. The number of rotatable bonds is 2. The highest BCUT2D eigenvalue weighted by Crippen LogP contribution is 2.46. The number of halogens is 3. The molecule has 0 aliphatic heterocycles. The molecule has 19 heavy (non-hydrogen) atoms. The van der Waals surface area contributed by atoms with E-state index in [-0.39, 0.29) is 17.0 Å². The molecule has 0 bridgehead atoms. The van der Waals surface area contributed by atoms with Crippen molar-refractivity contribution in [2.24, 2.45) is 0 Å². The molecule has 2 rings (SSSR count). The molecule has 1 aromatic carbocycles. The maximum Gasteiger partial charge on any atom is 0.420 e. The molecule has 2 aromatic rings. The molecule has 1 aromatic heterocycles. The number of hydrogen-bond donors (Lipinski definition) is 2. The lowest BCUT2D eigenvalue weighted by molar-refractivity contribution is -0.138. The van der Waals surface area contributed by atoms with Crippen molar-refractivity contribution >= 4 is 5.88 Å². The summed E-state index contributed by atoms with van der Waals surface area (Å²) < 4.78 is 47.4. The second-order valence-corrected chi connectivity index (χ2v) is 3.64. The van der Waals surface area contributed by atoms with Gasteiger partial charge in [-0.15, -0.1) is 0 Å². The van der Waals surface area contributed by atoms with E-state index in [1.54, 1.807) is 0 Å². The average Bonchev–Trinajstić information content (AvgIpc) is 2.73. The number of nitrogens with two attached hydrogens (primary N) is 1. The van der Waals surface area contributed by atoms with Gasteiger partial charge in [-0.2, -0.15) is 13.2 Å². The van der Waals surface area contributed by atoms with Crippen molar-refractivity contribution in [3.05, 3.63) is 23.9 Å². The first-order valence-electron chi connectivity index (χ1n) is 5.04. The van der Waals surface area contributed by atoms with Crippen molar-refractivity contribution < 1.29 is 27.5 Å². The number of hydrogen-bond acceptors (Lipinski definition) is 5. The van der Waals surface area contributed by atoms with E-state index in [9.17, 15) is 18.3 Å². The Hall–Kier alpha value is -2.38. The smallest absolute Gasteiger partial charge is 0.420 e. The molecule has 102 valence electrons. The predicted octanol–water partition coefficient (Wildman–Crippen LogP) is 2.66. The Bertz CT molecular complexity index is 608. The van der Waals surface area contributed by atoms with Crippen molar-refractivity contribution in [2.75, 3.05) is 12.8 Å². The quantitative estimate of drug-likeness (QED) is 0.879. The van der Waals surface area contributed by atoms with Crippen molar-refractivity contribution in [3.8, 4) is 22.6 Å². The number of nitrogens with zero attached hydrogens (tertiary/aromatic N) is 1. The molecule has 5 nitrogen and oxygen atoms in total. The minimum absolute atomic E-state index is 0.0450. The van der Waals surface area contributed by atoms with Crippen LogP contribution in [0.15, 0.2) is 22.9 Å². The minimum Gasteiger partial charge on any atom is -0.504 e. The monoisotopic (exact) mass is 274 g/mol. The molecule has 0 spiro atoms. The van der Waals surface area contributed by atoms with Crippen LogP contribution < -0.4 is 10.5 Å². The van der Waals surface area contributed by atoms with Gasteiger partial charge in [0, 0.05) is 5.56 Å². The van der Waals surface area contributed by atoms with Crippen LogP contribution in [0.4, 0.5) is 19.1 Å². The molecule has 0 radical (unpaired) electrons. The standard InChI is InChI=1S/C11H9F3N2O3/c1-18-9-7(11(12,13)14)3-2-5(8(9)17)6-4-16-19-10(6)15/h2-4,17H,15H2,1H3. The van der Waals surface area contributed by atoms with Crippen LogP contribution in [0, 0.1) is 0 Å². The molecule has 8 heteroatoms. The maximum absolute atomic E-state index is 12.7. The summed E-state index contributed by atoms with van der Waals surface area (Å²) in [5.74, 6) is -1.46. The van der Waals surface area contributed by atoms with Crippen LogP contribution in [0.2, 0.25) is 0 Å². The largest absolute Gasteiger partial charge is 0.504 e. The summed E-state index contributed by atoms with van der Waals surface area (Å²) in [7, 11) is 1.03. The van der Waals surface area contributed by atoms with E-state index < -0.39 is 23.2 Å². The Balaban J connectivity index is 2.66. The fraction of sp³-hybridized carbons (Fsp3) is 0.182. The summed E-state index contributed by atoms with van der Waals surface area (Å²) in [4.78, 5) is 0. The molecule has 0 fully saturated rings. The summed E-state index contributed by atoms with van der Waals surface area (Å²) in [5, 5.41) is 13.3. The Morgan fingerprint density at radius 1 is 1.32 bits per heavy atom. The van der Waals surface area contributed by atoms with Crippen LogP contribution in [-0.2, 0) is 6.18 Å². The Morgan fingerprint density at radius 2 is 2.00 bits per heavy atom. The van der Waals surface area contributed by atoms with E-state index in [4.69, 9.17) is 5.73 Å². The molecule has 0 atom stereocenters. The summed E-state index contributed by atoms with van der Waals surface area (Å²) >= 11 is 0. The van der Waals surface area contributed by atoms with Crippen LogP contribution in [0.3, 0.4) is 0 Å². The van der Waals surface area contributed by atoms with E-state index in [0.717, 1.165) is 19.2 Å². The third-order valence-electron chi connectivity index (χ3n) is 2.53. The Kier molecular flexibility index (Phi) is 3.01. The van der Waals surface area contributed by atoms with Gasteiger partial charge >= 0.3 is 6.18 Å². The number of aromatic nitrogens is 1. The normalized spacial score (nSPS) is 11.6. The van der Waals surface area contributed by atoms with Gasteiger partial charge in [0.05, 0.1) is 18.9 Å². The van der Waals surface area contributed by atoms with Gasteiger partial charge in [0.15, 0.2) is 11.5 Å². The highest BCUT2D eigenvalue weighted by Gasteiger charge is 2.36. The summed E-state index contributed by atoms with van der Waals surface area (Å²) in [5.41, 5.74) is 4.61. The zero-order valence-corrected chi connectivity index (χ0v) is 9.65. The maximum atomic E-state index is 12.7. The van der Waals surface area contributed by atoms with Crippen LogP contribution in [0.5, 0.6) is 11.5 Å². The van der Waals surface area contributed by atoms with Crippen molar-refractivity contribution in [2.45, 2.75) is 6.18 Å². The zero-order chi connectivity index (χ0) is 14.2. The molecule has 0 aliphatic carbocycles. The molecule has 0 amide bonds. The Morgan fingerprint density at radius 3 is 2.47 bits per heavy atom. The lowest BCUT2D eigenvalue weighted by Gasteiger charge is -2.15. The number of alkyl halides is 3. The molecule has 0 unspecified atom stereocenters. The first-order valence-corrected chi connectivity index (χ1v) is 5.04. The first kappa shape index (κ1) is 13.1. The molecular weight excluding hydrogens is 265 g/mol. The van der Waals surface area contributed by atoms with Crippen LogP contribution >= 0.6 is 0 Å². The van der Waals surface area contributed by atoms with E-state index >= 15 is 0 Å². The fourth-order valence-corrected chi connectivity index (χ4v) is 1.67.